The molecule has 0 bridgehead atoms. The number of rotatable bonds is 7. The first-order chi connectivity index (χ1) is 19.7. The molecule has 0 saturated heterocycles. The molecule has 2 saturated carbocycles. The molecule has 3 unspecified atom stereocenters. The molecule has 2 heterocycles. The number of ether oxygens (including phenoxy) is 2. The molecule has 218 valence electrons. The Balaban J connectivity index is 0.000000490. The maximum atomic E-state index is 13.3. The molecule has 6 rings (SSSR count). The second-order valence-electron chi connectivity index (χ2n) is 11.0. The number of aryl methyl sites for hydroxylation is 1. The van der Waals surface area contributed by atoms with Crippen LogP contribution in [0.4, 0.5) is 0 Å². The highest BCUT2D eigenvalue weighted by atomic mass is 35.5. The number of hydrogen-bond donors (Lipinski definition) is 2. The Morgan fingerprint density at radius 2 is 1.88 bits per heavy atom. The van der Waals surface area contributed by atoms with Crippen molar-refractivity contribution in [3.05, 3.63) is 58.2 Å². The SMILES string of the molecule is C1CC2CC2C1.CCC1(c2cc(OC)c(Cl)cc2OC)CSC(NC(=O)c2cc3cc(C)ccc3n2CC(=O)O)=N1. The smallest absolute Gasteiger partial charge is 0.323 e. The summed E-state index contributed by atoms with van der Waals surface area (Å²) >= 11 is 7.71. The first-order valence-corrected chi connectivity index (χ1v) is 15.3. The van der Waals surface area contributed by atoms with Gasteiger partial charge in [-0.3, -0.25) is 14.9 Å². The number of carbonyl (C=O) groups excluding carboxylic acids is 1. The Kier molecular flexibility index (Phi) is 8.57. The third-order valence-corrected chi connectivity index (χ3v) is 9.73. The highest BCUT2D eigenvalue weighted by Gasteiger charge is 2.41. The van der Waals surface area contributed by atoms with E-state index < -0.39 is 17.4 Å². The lowest BCUT2D eigenvalue weighted by Crippen LogP contribution is -2.30. The number of aliphatic imine (C=N–C) groups is 1. The van der Waals surface area contributed by atoms with Crippen LogP contribution in [0, 0.1) is 18.8 Å². The first-order valence-electron chi connectivity index (χ1n) is 14.0. The molecule has 2 N–H and O–H groups in total. The molecule has 1 amide bonds. The number of benzene rings is 2. The number of amides is 1. The van der Waals surface area contributed by atoms with Crippen LogP contribution < -0.4 is 14.8 Å². The second kappa shape index (κ2) is 12.0. The summed E-state index contributed by atoms with van der Waals surface area (Å²) in [6.07, 6.45) is 6.89. The van der Waals surface area contributed by atoms with E-state index in [1.54, 1.807) is 45.6 Å². The van der Waals surface area contributed by atoms with E-state index in [1.807, 2.05) is 38.1 Å². The monoisotopic (exact) mass is 597 g/mol. The summed E-state index contributed by atoms with van der Waals surface area (Å²) in [6.45, 7) is 3.64. The number of thioether (sulfide) groups is 1. The molecule has 10 heteroatoms. The largest absolute Gasteiger partial charge is 0.496 e. The number of carboxylic acids is 1. The van der Waals surface area contributed by atoms with Crippen molar-refractivity contribution < 1.29 is 24.2 Å². The van der Waals surface area contributed by atoms with E-state index in [4.69, 9.17) is 26.1 Å². The number of carbonyl (C=O) groups is 2. The number of carboxylic acid groups (broad SMARTS) is 1. The predicted molar refractivity (Wildman–Crippen MR) is 164 cm³/mol. The van der Waals surface area contributed by atoms with Gasteiger partial charge in [0.25, 0.3) is 5.91 Å². The maximum absolute atomic E-state index is 13.3. The van der Waals surface area contributed by atoms with E-state index in [9.17, 15) is 14.7 Å². The third-order valence-electron chi connectivity index (χ3n) is 8.35. The van der Waals surface area contributed by atoms with Gasteiger partial charge >= 0.3 is 5.97 Å². The van der Waals surface area contributed by atoms with Crippen LogP contribution in [0.2, 0.25) is 5.02 Å². The number of nitrogens with one attached hydrogen (secondary N) is 1. The number of methoxy groups -OCH3 is 2. The van der Waals surface area contributed by atoms with E-state index in [2.05, 4.69) is 5.32 Å². The van der Waals surface area contributed by atoms with Crippen molar-refractivity contribution in [2.75, 3.05) is 20.0 Å². The molecular weight excluding hydrogens is 562 g/mol. The van der Waals surface area contributed by atoms with Gasteiger partial charge in [0.1, 0.15) is 29.3 Å². The first kappa shape index (κ1) is 29.3. The highest BCUT2D eigenvalue weighted by molar-refractivity contribution is 8.14. The lowest BCUT2D eigenvalue weighted by molar-refractivity contribution is -0.137. The summed E-state index contributed by atoms with van der Waals surface area (Å²) in [4.78, 5) is 29.7. The van der Waals surface area contributed by atoms with Crippen molar-refractivity contribution in [1.82, 2.24) is 9.88 Å². The third kappa shape index (κ3) is 6.06. The molecule has 1 aliphatic heterocycles. The summed E-state index contributed by atoms with van der Waals surface area (Å²) in [5.74, 6) is 2.66. The van der Waals surface area contributed by atoms with Gasteiger partial charge in [-0.25, -0.2) is 4.99 Å². The Morgan fingerprint density at radius 3 is 2.46 bits per heavy atom. The van der Waals surface area contributed by atoms with Gasteiger partial charge in [-0.1, -0.05) is 61.2 Å². The van der Waals surface area contributed by atoms with Gasteiger partial charge in [0.2, 0.25) is 0 Å². The Bertz CT molecular complexity index is 1510. The van der Waals surface area contributed by atoms with E-state index in [1.165, 1.54) is 34.6 Å². The molecule has 0 radical (unpaired) electrons. The lowest BCUT2D eigenvalue weighted by atomic mass is 9.89. The van der Waals surface area contributed by atoms with Crippen molar-refractivity contribution in [1.29, 1.82) is 0 Å². The number of amidine groups is 1. The Hall–Kier alpha value is -3.17. The zero-order valence-electron chi connectivity index (χ0n) is 23.8. The average molecular weight is 598 g/mol. The molecule has 2 fully saturated rings. The summed E-state index contributed by atoms with van der Waals surface area (Å²) in [5.41, 5.74) is 2.13. The van der Waals surface area contributed by atoms with E-state index >= 15 is 0 Å². The normalized spacial score (nSPS) is 22.4. The minimum Gasteiger partial charge on any atom is -0.496 e. The van der Waals surface area contributed by atoms with Crippen molar-refractivity contribution in [2.45, 2.75) is 58.0 Å². The molecule has 3 aromatic rings. The molecule has 2 aliphatic carbocycles. The zero-order valence-corrected chi connectivity index (χ0v) is 25.4. The molecule has 41 heavy (non-hydrogen) atoms. The minimum absolute atomic E-state index is 0.260. The fraction of sp³-hybridized carbons (Fsp3) is 0.452. The van der Waals surface area contributed by atoms with Gasteiger partial charge in [0.05, 0.1) is 19.2 Å². The predicted octanol–water partition coefficient (Wildman–Crippen LogP) is 6.65. The van der Waals surface area contributed by atoms with Gasteiger partial charge in [-0.05, 0) is 55.9 Å². The molecule has 8 nitrogen and oxygen atoms in total. The summed E-state index contributed by atoms with van der Waals surface area (Å²) in [5, 5.41) is 14.0. The van der Waals surface area contributed by atoms with Crippen LogP contribution in [-0.2, 0) is 16.9 Å². The van der Waals surface area contributed by atoms with Crippen molar-refractivity contribution in [3.63, 3.8) is 0 Å². The van der Waals surface area contributed by atoms with Crippen LogP contribution in [0.1, 0.15) is 60.6 Å². The number of aromatic nitrogens is 1. The van der Waals surface area contributed by atoms with Gasteiger partial charge in [-0.15, -0.1) is 0 Å². The van der Waals surface area contributed by atoms with Crippen molar-refractivity contribution >= 4 is 51.3 Å². The Morgan fingerprint density at radius 1 is 1.15 bits per heavy atom. The molecule has 3 aliphatic rings. The highest BCUT2D eigenvalue weighted by Crippen LogP contribution is 2.51. The molecule has 2 aromatic carbocycles. The van der Waals surface area contributed by atoms with Crippen LogP contribution >= 0.6 is 23.4 Å². The minimum atomic E-state index is -1.03. The fourth-order valence-electron chi connectivity index (χ4n) is 5.95. The van der Waals surface area contributed by atoms with Gasteiger partial charge in [0.15, 0.2) is 5.17 Å². The maximum Gasteiger partial charge on any atom is 0.323 e. The van der Waals surface area contributed by atoms with E-state index in [0.29, 0.717) is 39.4 Å². The molecular formula is C31H36ClN3O5S. The quantitative estimate of drug-likeness (QED) is 0.316. The number of nitrogens with zero attached hydrogens (tertiary/aromatic N) is 2. The van der Waals surface area contributed by atoms with Crippen LogP contribution in [-0.4, -0.2) is 46.7 Å². The number of aliphatic carboxylic acids is 1. The number of hydrogen-bond acceptors (Lipinski definition) is 6. The van der Waals surface area contributed by atoms with Gasteiger partial charge in [0, 0.05) is 28.3 Å². The molecule has 1 aromatic heterocycles. The van der Waals surface area contributed by atoms with Crippen LogP contribution in [0.5, 0.6) is 11.5 Å². The topological polar surface area (TPSA) is 102 Å². The van der Waals surface area contributed by atoms with Gasteiger partial charge < -0.3 is 19.1 Å². The van der Waals surface area contributed by atoms with Crippen molar-refractivity contribution in [2.24, 2.45) is 16.8 Å². The summed E-state index contributed by atoms with van der Waals surface area (Å²) in [6, 6.07) is 10.9. The van der Waals surface area contributed by atoms with Crippen molar-refractivity contribution in [3.8, 4) is 11.5 Å². The van der Waals surface area contributed by atoms with Crippen LogP contribution in [0.3, 0.4) is 0 Å². The van der Waals surface area contributed by atoms with Crippen LogP contribution in [0.25, 0.3) is 10.9 Å². The number of halogens is 1. The fourth-order valence-corrected chi connectivity index (χ4v) is 7.38. The molecule has 3 atom stereocenters. The lowest BCUT2D eigenvalue weighted by Gasteiger charge is -2.26. The standard InChI is InChI=1S/C25H26ClN3O5S.C6H10/c1-5-25(16-10-21(34-4)17(26)11-20(16)33-3)13-35-24(28-25)27-23(32)19-9-15-8-14(2)6-7-18(15)29(19)12-22(30)31;1-2-5-4-6(5)3-1/h6-11H,5,12-13H2,1-4H3,(H,30,31)(H,27,28,32);5-6H,1-4H2. The Labute approximate surface area is 249 Å². The van der Waals surface area contributed by atoms with E-state index in [0.717, 1.165) is 16.5 Å². The van der Waals surface area contributed by atoms with E-state index in [-0.39, 0.29) is 12.2 Å². The molecule has 0 spiro atoms. The summed E-state index contributed by atoms with van der Waals surface area (Å²) in [7, 11) is 3.12. The number of fused-ring (bicyclic) bond motifs is 2. The zero-order chi connectivity index (χ0) is 29.3. The van der Waals surface area contributed by atoms with Gasteiger partial charge in [-0.2, -0.15) is 0 Å². The summed E-state index contributed by atoms with van der Waals surface area (Å²) < 4.78 is 12.5. The van der Waals surface area contributed by atoms with Crippen LogP contribution in [0.15, 0.2) is 41.4 Å². The second-order valence-corrected chi connectivity index (χ2v) is 12.4. The average Bonchev–Trinajstić information content (AvgIpc) is 3.26.